The fourth-order valence-corrected chi connectivity index (χ4v) is 7.96. The second-order valence-electron chi connectivity index (χ2n) is 15.8. The molecule has 0 unspecified atom stereocenters. The summed E-state index contributed by atoms with van der Waals surface area (Å²) >= 11 is 2.55. The van der Waals surface area contributed by atoms with Crippen LogP contribution in [-0.4, -0.2) is 53.2 Å². The van der Waals surface area contributed by atoms with Crippen LogP contribution in [-0.2, 0) is 28.0 Å². The molecular weight excluding hydrogens is 1060 g/mol. The number of hydrogen-bond acceptors (Lipinski definition) is 21. The number of ketones is 2. The van der Waals surface area contributed by atoms with Crippen molar-refractivity contribution in [2.75, 3.05) is 35.6 Å². The number of unbranched alkanes of at least 4 members (excludes halogenated alkanes) is 3. The van der Waals surface area contributed by atoms with Gasteiger partial charge in [0, 0.05) is 30.8 Å². The zero-order valence-corrected chi connectivity index (χ0v) is 45.7. The van der Waals surface area contributed by atoms with Crippen LogP contribution in [0, 0.1) is 0 Å². The van der Waals surface area contributed by atoms with E-state index in [1.807, 2.05) is 78.9 Å². The zero-order valence-electron chi connectivity index (χ0n) is 43.3. The van der Waals surface area contributed by atoms with E-state index >= 15 is 0 Å². The lowest BCUT2D eigenvalue weighted by atomic mass is 10.1. The predicted octanol–water partition coefficient (Wildman–Crippen LogP) is 12.0. The number of ether oxygens (including phenoxy) is 3. The molecule has 6 rings (SSSR count). The van der Waals surface area contributed by atoms with Gasteiger partial charge in [0.1, 0.15) is 17.2 Å². The quantitative estimate of drug-likeness (QED) is 0.00724. The second-order valence-corrected chi connectivity index (χ2v) is 18.0. The largest absolute Gasteiger partial charge is 0.478 e. The normalized spacial score (nSPS) is 10.2. The summed E-state index contributed by atoms with van der Waals surface area (Å²) in [5.41, 5.74) is 3.18. The van der Waals surface area contributed by atoms with E-state index in [2.05, 4.69) is 51.7 Å². The first kappa shape index (κ1) is 66.7. The van der Waals surface area contributed by atoms with Gasteiger partial charge in [0.25, 0.3) is 0 Å². The molecule has 77 heavy (non-hydrogen) atoms. The van der Waals surface area contributed by atoms with Crippen molar-refractivity contribution in [3.05, 3.63) is 144 Å². The molecule has 0 atom stereocenters. The molecule has 0 aromatic heterocycles. The number of anilines is 3. The van der Waals surface area contributed by atoms with E-state index in [-0.39, 0.29) is 28.1 Å². The van der Waals surface area contributed by atoms with Crippen LogP contribution in [0.3, 0.4) is 0 Å². The Morgan fingerprint density at radius 2 is 0.727 bits per heavy atom. The Hall–Kier alpha value is -6.46. The number of carboxylic acids is 1. The number of nitrogens with two attached hydrogens (primary N) is 3. The predicted molar refractivity (Wildman–Crippen MR) is 300 cm³/mol. The minimum atomic E-state index is -1.06. The number of para-hydroxylation sites is 3. The van der Waals surface area contributed by atoms with Crippen LogP contribution in [0.25, 0.3) is 0 Å². The first-order valence-corrected chi connectivity index (χ1v) is 26.0. The number of nitrogens with one attached hydrogen (secondary N) is 3. The van der Waals surface area contributed by atoms with Gasteiger partial charge in [0.05, 0.1) is 73.4 Å². The van der Waals surface area contributed by atoms with Crippen molar-refractivity contribution in [2.45, 2.75) is 87.8 Å². The summed E-state index contributed by atoms with van der Waals surface area (Å²) in [5.74, 6) is 17.1. The van der Waals surface area contributed by atoms with E-state index < -0.39 is 5.97 Å². The number of carbonyl (C=O) groups excluding carboxylic acids is 2. The maximum absolute atomic E-state index is 11.8. The first-order valence-electron chi connectivity index (χ1n) is 23.8. The summed E-state index contributed by atoms with van der Waals surface area (Å²) in [5, 5.41) is 19.2. The third-order valence-corrected chi connectivity index (χ3v) is 12.0. The smallest absolute Gasteiger partial charge is 0.335 e. The molecular formula is C53H68N6O15S3. The molecule has 0 heterocycles. The number of aromatic carboxylic acids is 1. The number of benzene rings is 6. The molecule has 6 aromatic rings. The molecule has 14 N–H and O–H groups in total. The van der Waals surface area contributed by atoms with Crippen molar-refractivity contribution in [3.8, 4) is 34.5 Å². The fourth-order valence-electron chi connectivity index (χ4n) is 6.42. The molecule has 0 saturated carbocycles. The van der Waals surface area contributed by atoms with Gasteiger partial charge in [-0.25, -0.2) is 4.79 Å². The van der Waals surface area contributed by atoms with Crippen LogP contribution in [0.2, 0.25) is 0 Å². The highest BCUT2D eigenvalue weighted by Gasteiger charge is 2.21. The van der Waals surface area contributed by atoms with Crippen LogP contribution in [0.15, 0.2) is 142 Å². The Balaban J connectivity index is 0.000000390. The Labute approximate surface area is 461 Å². The van der Waals surface area contributed by atoms with E-state index in [0.717, 1.165) is 87.7 Å². The summed E-state index contributed by atoms with van der Waals surface area (Å²) in [6, 6.07) is 37.8. The lowest BCUT2D eigenvalue weighted by Gasteiger charge is -2.17. The van der Waals surface area contributed by atoms with Gasteiger partial charge in [0.15, 0.2) is 28.8 Å². The minimum Gasteiger partial charge on any atom is -0.478 e. The van der Waals surface area contributed by atoms with Gasteiger partial charge in [-0.1, -0.05) is 94.6 Å². The van der Waals surface area contributed by atoms with Crippen molar-refractivity contribution >= 4 is 70.7 Å². The SMILES string of the molecule is CCCCNc1cc(C(=O)O)cc(SOON)c1Oc1ccccc1.CCCCNc1cc(C(C)=O)cc(SOON)c1Oc1ccccc1.CCCCNc1cc(C(C)=O)cc(SOON)c1Oc1ccccc1.O.O. The lowest BCUT2D eigenvalue weighted by Crippen LogP contribution is -2.06. The summed E-state index contributed by atoms with van der Waals surface area (Å²) in [4.78, 5) is 49.2. The summed E-state index contributed by atoms with van der Waals surface area (Å²) in [6.45, 7) is 11.5. The number of carboxylic acid groups (broad SMARTS) is 1. The van der Waals surface area contributed by atoms with E-state index in [0.29, 0.717) is 83.9 Å². The summed E-state index contributed by atoms with van der Waals surface area (Å²) in [7, 11) is 0. The molecule has 24 heteroatoms. The lowest BCUT2D eigenvalue weighted by molar-refractivity contribution is -0.195. The Bertz CT molecular complexity index is 2380. The highest BCUT2D eigenvalue weighted by atomic mass is 32.2. The maximum Gasteiger partial charge on any atom is 0.335 e. The number of hydrogen-bond donors (Lipinski definition) is 7. The standard InChI is InChI=1S/2C18H22N2O4S.C17H20N2O5S.2H2O/c2*1-3-4-10-20-16-11-14(13(2)21)12-17(25-24-23-19)18(16)22-15-8-6-5-7-9-15;1-2-3-9-19-14-10-12(17(20)21)11-15(25-24-23-18)16(14)22-13-7-5-4-6-8-13;;/h2*5-9,11-12,20H,3-4,10,19H2,1-2H3;4-8,10-11,19H,2-3,9,18H2,1H3,(H,20,21);2*1H2. The Morgan fingerprint density at radius 1 is 0.455 bits per heavy atom. The molecule has 0 bridgehead atoms. The molecule has 21 nitrogen and oxygen atoms in total. The molecule has 418 valence electrons. The van der Waals surface area contributed by atoms with Gasteiger partial charge in [-0.05, 0) is 106 Å². The third-order valence-electron chi connectivity index (χ3n) is 10.1. The average Bonchev–Trinajstić information content (AvgIpc) is 3.42. The van der Waals surface area contributed by atoms with Crippen molar-refractivity contribution in [2.24, 2.45) is 17.7 Å². The van der Waals surface area contributed by atoms with Crippen molar-refractivity contribution in [3.63, 3.8) is 0 Å². The van der Waals surface area contributed by atoms with Crippen LogP contribution in [0.1, 0.15) is 104 Å². The Morgan fingerprint density at radius 3 is 0.974 bits per heavy atom. The molecule has 0 aliphatic carbocycles. The van der Waals surface area contributed by atoms with Crippen LogP contribution in [0.5, 0.6) is 34.5 Å². The highest BCUT2D eigenvalue weighted by molar-refractivity contribution is 7.95. The molecule has 6 aromatic carbocycles. The number of rotatable bonds is 30. The maximum atomic E-state index is 11.8. The van der Waals surface area contributed by atoms with Crippen molar-refractivity contribution < 1.29 is 72.6 Å². The highest BCUT2D eigenvalue weighted by Crippen LogP contribution is 2.43. The first-order chi connectivity index (χ1) is 36.5. The molecule has 0 fully saturated rings. The van der Waals surface area contributed by atoms with Gasteiger partial charge in [-0.15, -0.1) is 28.0 Å². The van der Waals surface area contributed by atoms with Gasteiger partial charge in [-0.3, -0.25) is 9.59 Å². The van der Waals surface area contributed by atoms with Gasteiger partial charge < -0.3 is 46.2 Å². The van der Waals surface area contributed by atoms with E-state index in [9.17, 15) is 19.5 Å². The summed E-state index contributed by atoms with van der Waals surface area (Å²) < 4.78 is 32.3. The molecule has 0 radical (unpaired) electrons. The van der Waals surface area contributed by atoms with Gasteiger partial charge in [-0.2, -0.15) is 17.7 Å². The second kappa shape index (κ2) is 38.1. The minimum absolute atomic E-state index is 0. The molecule has 0 aliphatic heterocycles. The third kappa shape index (κ3) is 23.4. The number of carbonyl (C=O) groups is 3. The molecule has 0 amide bonds. The molecule has 0 spiro atoms. The van der Waals surface area contributed by atoms with E-state index in [1.54, 1.807) is 36.4 Å². The van der Waals surface area contributed by atoms with Crippen molar-refractivity contribution in [1.29, 1.82) is 0 Å². The van der Waals surface area contributed by atoms with Gasteiger partial charge in [0.2, 0.25) is 0 Å². The topological polar surface area (TPSA) is 332 Å². The fraction of sp³-hybridized carbons (Fsp3) is 0.264. The van der Waals surface area contributed by atoms with E-state index in [1.165, 1.54) is 26.0 Å². The monoisotopic (exact) mass is 1120 g/mol. The van der Waals surface area contributed by atoms with Crippen molar-refractivity contribution in [1.82, 2.24) is 0 Å². The zero-order chi connectivity index (χ0) is 54.2. The van der Waals surface area contributed by atoms with Crippen LogP contribution < -0.4 is 47.9 Å². The van der Waals surface area contributed by atoms with Crippen LogP contribution >= 0.6 is 36.1 Å². The Kier molecular flexibility index (Phi) is 33.0. The van der Waals surface area contributed by atoms with Gasteiger partial charge >= 0.3 is 5.97 Å². The number of Topliss-reactive ketones (excluding diaryl/α,β-unsaturated/α-hetero) is 2. The average molecular weight is 1130 g/mol. The molecule has 0 aliphatic rings. The van der Waals surface area contributed by atoms with E-state index in [4.69, 9.17) is 44.9 Å². The van der Waals surface area contributed by atoms with Crippen LogP contribution in [0.4, 0.5) is 17.1 Å². The molecule has 0 saturated heterocycles. The summed E-state index contributed by atoms with van der Waals surface area (Å²) in [6.07, 6.45) is 6.05.